The molecule has 0 fully saturated rings. The summed E-state index contributed by atoms with van der Waals surface area (Å²) in [5, 5.41) is 9.09. The zero-order valence-corrected chi connectivity index (χ0v) is 12.9. The molecule has 4 heteroatoms. The van der Waals surface area contributed by atoms with Crippen molar-refractivity contribution in [1.82, 2.24) is 0 Å². The Hall–Kier alpha value is -0.796. The van der Waals surface area contributed by atoms with Gasteiger partial charge in [0.25, 0.3) is 0 Å². The van der Waals surface area contributed by atoms with Crippen LogP contribution >= 0.6 is 0 Å². The van der Waals surface area contributed by atoms with E-state index in [4.69, 9.17) is 5.11 Å². The van der Waals surface area contributed by atoms with Crippen LogP contribution in [0.3, 0.4) is 0 Å². The van der Waals surface area contributed by atoms with Gasteiger partial charge in [-0.1, -0.05) is 13.8 Å². The normalized spacial score (nSPS) is 10.0. The van der Waals surface area contributed by atoms with Gasteiger partial charge in [0.2, 0.25) is 0 Å². The Balaban J connectivity index is 0.00000162. The van der Waals surface area contributed by atoms with Crippen LogP contribution in [0.15, 0.2) is 24.3 Å². The second-order valence-corrected chi connectivity index (χ2v) is 4.02. The summed E-state index contributed by atoms with van der Waals surface area (Å²) in [7, 11) is 0. The number of hydrogen-bond acceptors (Lipinski definition) is 1. The van der Waals surface area contributed by atoms with Crippen LogP contribution in [0.2, 0.25) is 0 Å². The molecule has 0 saturated heterocycles. The molecule has 0 amide bonds. The van der Waals surface area contributed by atoms with E-state index in [1.165, 1.54) is 0 Å². The molecule has 2 rings (SSSR count). The van der Waals surface area contributed by atoms with Crippen molar-refractivity contribution in [2.24, 2.45) is 0 Å². The molecule has 2 aromatic rings. The summed E-state index contributed by atoms with van der Waals surface area (Å²) in [6.45, 7) is 3.62. The van der Waals surface area contributed by atoms with Gasteiger partial charge >= 0.3 is 0 Å². The first kappa shape index (κ1) is 15.3. The Morgan fingerprint density at radius 1 is 0.944 bits per heavy atom. The quantitative estimate of drug-likeness (QED) is 0.793. The standard InChI is InChI=1S/C14H11F2O.Y/c1-8-3-9(2)5-10(4-8)14-12(15)6-11(17)7-13(14)16;/h4-7,17H,1-2H3;/q-1;. The second kappa shape index (κ2) is 5.90. The van der Waals surface area contributed by atoms with Gasteiger partial charge < -0.3 is 5.11 Å². The molecular formula is C14H11F2OY-. The zero-order chi connectivity index (χ0) is 12.6. The van der Waals surface area contributed by atoms with Crippen molar-refractivity contribution >= 4 is 0 Å². The number of aryl methyl sites for hydroxylation is 2. The van der Waals surface area contributed by atoms with E-state index in [9.17, 15) is 8.78 Å². The van der Waals surface area contributed by atoms with Gasteiger partial charge in [-0.25, -0.2) is 8.78 Å². The minimum absolute atomic E-state index is 0. The predicted molar refractivity (Wildman–Crippen MR) is 61.8 cm³/mol. The van der Waals surface area contributed by atoms with E-state index in [1.807, 2.05) is 13.8 Å². The van der Waals surface area contributed by atoms with E-state index in [0.29, 0.717) is 5.56 Å². The first-order valence-corrected chi connectivity index (χ1v) is 5.16. The van der Waals surface area contributed by atoms with Gasteiger partial charge in [-0.05, 0) is 0 Å². The van der Waals surface area contributed by atoms with Gasteiger partial charge in [-0.3, -0.25) is 0 Å². The minimum Gasteiger partial charge on any atom is -0.508 e. The van der Waals surface area contributed by atoms with Gasteiger partial charge in [0.1, 0.15) is 17.4 Å². The Bertz CT molecular complexity index is 539. The molecule has 0 aliphatic rings. The summed E-state index contributed by atoms with van der Waals surface area (Å²) in [4.78, 5) is 0. The minimum atomic E-state index is -0.771. The smallest absolute Gasteiger partial charge is 0.135 e. The van der Waals surface area contributed by atoms with E-state index in [1.54, 1.807) is 12.1 Å². The number of phenols is 1. The van der Waals surface area contributed by atoms with Gasteiger partial charge in [-0.2, -0.15) is 29.3 Å². The Labute approximate surface area is 130 Å². The van der Waals surface area contributed by atoms with Crippen LogP contribution in [0.5, 0.6) is 5.75 Å². The molecule has 0 saturated carbocycles. The molecule has 0 heterocycles. The molecule has 0 aliphatic heterocycles. The van der Waals surface area contributed by atoms with Crippen LogP contribution in [0.1, 0.15) is 11.1 Å². The average molecular weight is 322 g/mol. The zero-order valence-electron chi connectivity index (χ0n) is 10.1. The summed E-state index contributed by atoms with van der Waals surface area (Å²) in [6, 6.07) is 8.16. The van der Waals surface area contributed by atoms with Crippen LogP contribution in [0.4, 0.5) is 8.78 Å². The third-order valence-corrected chi connectivity index (χ3v) is 2.45. The molecule has 2 aromatic carbocycles. The first-order valence-electron chi connectivity index (χ1n) is 5.16. The first-order chi connectivity index (χ1) is 7.97. The van der Waals surface area contributed by atoms with Crippen LogP contribution in [0, 0.1) is 31.5 Å². The maximum atomic E-state index is 13.7. The molecule has 0 atom stereocenters. The van der Waals surface area contributed by atoms with Crippen LogP contribution < -0.4 is 0 Å². The Morgan fingerprint density at radius 2 is 1.39 bits per heavy atom. The molecule has 18 heavy (non-hydrogen) atoms. The van der Waals surface area contributed by atoms with E-state index in [-0.39, 0.29) is 38.3 Å². The maximum absolute atomic E-state index is 13.7. The van der Waals surface area contributed by atoms with Crippen molar-refractivity contribution in [3.63, 3.8) is 0 Å². The molecule has 0 spiro atoms. The second-order valence-electron chi connectivity index (χ2n) is 4.02. The van der Waals surface area contributed by atoms with Crippen LogP contribution in [-0.2, 0) is 32.7 Å². The maximum Gasteiger partial charge on any atom is 0.135 e. The molecule has 1 N–H and O–H groups in total. The summed E-state index contributed by atoms with van der Waals surface area (Å²) in [6.07, 6.45) is 0. The van der Waals surface area contributed by atoms with Gasteiger partial charge in [0, 0.05) is 50.4 Å². The molecular weight excluding hydrogens is 311 g/mol. The fourth-order valence-electron chi connectivity index (χ4n) is 1.87. The monoisotopic (exact) mass is 322 g/mol. The third-order valence-electron chi connectivity index (χ3n) is 2.45. The van der Waals surface area contributed by atoms with Crippen molar-refractivity contribution in [1.29, 1.82) is 0 Å². The van der Waals surface area contributed by atoms with E-state index in [2.05, 4.69) is 6.07 Å². The molecule has 0 bridgehead atoms. The number of aromatic hydroxyl groups is 1. The number of phenolic OH excluding ortho intramolecular Hbond substituents is 1. The van der Waals surface area contributed by atoms with Crippen molar-refractivity contribution < 1.29 is 46.6 Å². The van der Waals surface area contributed by atoms with Crippen molar-refractivity contribution in [3.05, 3.63) is 53.1 Å². The van der Waals surface area contributed by atoms with Gasteiger partial charge in [0.15, 0.2) is 0 Å². The van der Waals surface area contributed by atoms with Crippen LogP contribution in [0.25, 0.3) is 11.1 Å². The summed E-state index contributed by atoms with van der Waals surface area (Å²) in [5.74, 6) is -1.96. The van der Waals surface area contributed by atoms with E-state index < -0.39 is 17.4 Å². The number of rotatable bonds is 1. The van der Waals surface area contributed by atoms with E-state index >= 15 is 0 Å². The largest absolute Gasteiger partial charge is 0.508 e. The van der Waals surface area contributed by atoms with Crippen LogP contribution in [-0.4, -0.2) is 5.11 Å². The molecule has 0 aromatic heterocycles. The van der Waals surface area contributed by atoms with Crippen molar-refractivity contribution in [2.45, 2.75) is 13.8 Å². The summed E-state index contributed by atoms with van der Waals surface area (Å²) < 4.78 is 27.3. The summed E-state index contributed by atoms with van der Waals surface area (Å²) >= 11 is 0. The van der Waals surface area contributed by atoms with Crippen molar-refractivity contribution in [3.8, 4) is 16.9 Å². The molecule has 0 unspecified atom stereocenters. The molecule has 91 valence electrons. The molecule has 0 aliphatic carbocycles. The predicted octanol–water partition coefficient (Wildman–Crippen LogP) is 3.75. The number of halogens is 2. The topological polar surface area (TPSA) is 20.2 Å². The number of benzene rings is 2. The fourth-order valence-corrected chi connectivity index (χ4v) is 1.87. The Kier molecular flexibility index (Phi) is 5.00. The SMILES string of the molecule is Cc1[c-]c(C)cc(-c2c(F)cc(O)cc2F)c1.[Y]. The third kappa shape index (κ3) is 3.15. The molecule has 1 radical (unpaired) electrons. The van der Waals surface area contributed by atoms with E-state index in [0.717, 1.165) is 23.3 Å². The summed E-state index contributed by atoms with van der Waals surface area (Å²) in [5.41, 5.74) is 1.95. The average Bonchev–Trinajstić information content (AvgIpc) is 2.13. The van der Waals surface area contributed by atoms with Gasteiger partial charge in [0.05, 0.1) is 0 Å². The Morgan fingerprint density at radius 3 is 1.83 bits per heavy atom. The van der Waals surface area contributed by atoms with Gasteiger partial charge in [-0.15, -0.1) is 5.56 Å². The molecule has 1 nitrogen and oxygen atoms in total. The van der Waals surface area contributed by atoms with Crippen molar-refractivity contribution in [2.75, 3.05) is 0 Å². The fraction of sp³-hybridized carbons (Fsp3) is 0.143. The number of hydrogen-bond donors (Lipinski definition) is 1.